The van der Waals surface area contributed by atoms with E-state index < -0.39 is 5.54 Å². The smallest absolute Gasteiger partial charge is 0.261 e. The van der Waals surface area contributed by atoms with Crippen molar-refractivity contribution in [3.05, 3.63) is 33.7 Å². The van der Waals surface area contributed by atoms with Crippen LogP contribution in [0.1, 0.15) is 55.1 Å². The lowest BCUT2D eigenvalue weighted by molar-refractivity contribution is -0.134. The molecule has 1 aromatic rings. The van der Waals surface area contributed by atoms with Crippen molar-refractivity contribution >= 4 is 11.8 Å². The zero-order valence-electron chi connectivity index (χ0n) is 15.8. The van der Waals surface area contributed by atoms with Crippen LogP contribution in [0.4, 0.5) is 0 Å². The summed E-state index contributed by atoms with van der Waals surface area (Å²) in [6.45, 7) is 6.49. The van der Waals surface area contributed by atoms with Gasteiger partial charge >= 0.3 is 0 Å². The number of rotatable bonds is 2. The van der Waals surface area contributed by atoms with Crippen molar-refractivity contribution in [2.45, 2.75) is 44.6 Å². The Balaban J connectivity index is 1.74. The van der Waals surface area contributed by atoms with Crippen molar-refractivity contribution in [3.63, 3.8) is 0 Å². The number of aromatic nitrogens is 1. The average Bonchev–Trinajstić information content (AvgIpc) is 2.76. The van der Waals surface area contributed by atoms with Gasteiger partial charge in [0.25, 0.3) is 11.5 Å². The highest BCUT2D eigenvalue weighted by molar-refractivity contribution is 5.94. The summed E-state index contributed by atoms with van der Waals surface area (Å²) in [5, 5.41) is 3.00. The molecule has 7 heteroatoms. The van der Waals surface area contributed by atoms with Gasteiger partial charge in [0.05, 0.1) is 0 Å². The van der Waals surface area contributed by atoms with Gasteiger partial charge in [0.15, 0.2) is 0 Å². The third-order valence-corrected chi connectivity index (χ3v) is 5.77. The molecule has 1 aromatic heterocycles. The Hall–Kier alpha value is -2.15. The first-order chi connectivity index (χ1) is 12.3. The van der Waals surface area contributed by atoms with E-state index in [0.717, 1.165) is 18.7 Å². The highest BCUT2D eigenvalue weighted by Gasteiger charge is 2.46. The molecule has 1 spiro atoms. The highest BCUT2D eigenvalue weighted by Crippen LogP contribution is 2.30. The molecular formula is C19H28N4O3. The molecule has 2 saturated heterocycles. The van der Waals surface area contributed by atoms with Crippen LogP contribution in [0.25, 0.3) is 0 Å². The summed E-state index contributed by atoms with van der Waals surface area (Å²) in [4.78, 5) is 44.3. The van der Waals surface area contributed by atoms with Gasteiger partial charge in [-0.1, -0.05) is 13.8 Å². The van der Waals surface area contributed by atoms with Crippen LogP contribution >= 0.6 is 0 Å². The minimum absolute atomic E-state index is 0.0590. The Morgan fingerprint density at radius 2 is 1.85 bits per heavy atom. The zero-order chi connectivity index (χ0) is 18.9. The van der Waals surface area contributed by atoms with Gasteiger partial charge in [0.1, 0.15) is 11.1 Å². The molecule has 3 heterocycles. The molecule has 2 N–H and O–H groups in total. The van der Waals surface area contributed by atoms with Crippen LogP contribution in [-0.4, -0.2) is 65.4 Å². The second kappa shape index (κ2) is 7.23. The van der Waals surface area contributed by atoms with Crippen LogP contribution in [0, 0.1) is 0 Å². The van der Waals surface area contributed by atoms with Crippen LogP contribution in [0.15, 0.2) is 16.9 Å². The van der Waals surface area contributed by atoms with E-state index >= 15 is 0 Å². The summed E-state index contributed by atoms with van der Waals surface area (Å²) >= 11 is 0. The number of hydrogen-bond donors (Lipinski definition) is 2. The van der Waals surface area contributed by atoms with E-state index in [-0.39, 0.29) is 28.9 Å². The number of aromatic amines is 1. The fourth-order valence-corrected chi connectivity index (χ4v) is 3.92. The molecule has 0 radical (unpaired) electrons. The quantitative estimate of drug-likeness (QED) is 0.821. The number of hydrogen-bond acceptors (Lipinski definition) is 4. The first-order valence-corrected chi connectivity index (χ1v) is 9.37. The Kier molecular flexibility index (Phi) is 5.18. The van der Waals surface area contributed by atoms with Gasteiger partial charge in [-0.2, -0.15) is 0 Å². The van der Waals surface area contributed by atoms with E-state index in [1.807, 2.05) is 20.9 Å². The topological polar surface area (TPSA) is 85.5 Å². The normalized spacial score (nSPS) is 20.9. The molecule has 0 bridgehead atoms. The molecule has 0 saturated carbocycles. The van der Waals surface area contributed by atoms with Gasteiger partial charge in [-0.05, 0) is 44.4 Å². The number of nitrogens with one attached hydrogen (secondary N) is 2. The van der Waals surface area contributed by atoms with Crippen molar-refractivity contribution in [1.82, 2.24) is 20.1 Å². The average molecular weight is 360 g/mol. The van der Waals surface area contributed by atoms with Gasteiger partial charge in [0, 0.05) is 31.9 Å². The molecule has 26 heavy (non-hydrogen) atoms. The predicted octanol–water partition coefficient (Wildman–Crippen LogP) is 0.925. The summed E-state index contributed by atoms with van der Waals surface area (Å²) in [6, 6.07) is 3.42. The number of piperidine rings is 1. The molecular weight excluding hydrogens is 332 g/mol. The molecule has 0 aliphatic carbocycles. The summed E-state index contributed by atoms with van der Waals surface area (Å²) in [7, 11) is 1.98. The van der Waals surface area contributed by atoms with E-state index in [1.54, 1.807) is 17.0 Å². The highest BCUT2D eigenvalue weighted by atomic mass is 16.2. The summed E-state index contributed by atoms with van der Waals surface area (Å²) in [5.74, 6) is 0.00260. The molecule has 142 valence electrons. The lowest BCUT2D eigenvalue weighted by Gasteiger charge is -2.44. The SMILES string of the molecule is CC(C)c1ccc(C(=O)N2CCC3(CC2)C(=O)NCCCN3C)c(=O)[nH]1. The molecule has 0 aromatic carbocycles. The lowest BCUT2D eigenvalue weighted by atomic mass is 9.85. The minimum atomic E-state index is -0.540. The maximum atomic E-state index is 12.8. The molecule has 2 fully saturated rings. The number of likely N-dealkylation sites (N-methyl/N-ethyl adjacent to an activating group) is 1. The number of nitrogens with zero attached hydrogens (tertiary/aromatic N) is 2. The van der Waals surface area contributed by atoms with E-state index in [4.69, 9.17) is 0 Å². The monoisotopic (exact) mass is 360 g/mol. The Bertz CT molecular complexity index is 747. The predicted molar refractivity (Wildman–Crippen MR) is 99.3 cm³/mol. The molecule has 0 atom stereocenters. The van der Waals surface area contributed by atoms with Crippen LogP contribution in [0.5, 0.6) is 0 Å². The first kappa shape index (κ1) is 18.6. The van der Waals surface area contributed by atoms with Crippen molar-refractivity contribution < 1.29 is 9.59 Å². The lowest BCUT2D eigenvalue weighted by Crippen LogP contribution is -2.61. The number of carbonyl (C=O) groups excluding carboxylic acids is 2. The van der Waals surface area contributed by atoms with Crippen LogP contribution in [0.3, 0.4) is 0 Å². The van der Waals surface area contributed by atoms with E-state index in [2.05, 4.69) is 15.2 Å². The molecule has 2 aliphatic rings. The van der Waals surface area contributed by atoms with E-state index in [1.165, 1.54) is 0 Å². The number of likely N-dealkylation sites (tertiary alicyclic amines) is 1. The molecule has 2 aliphatic heterocycles. The third kappa shape index (κ3) is 3.28. The van der Waals surface area contributed by atoms with Crippen molar-refractivity contribution in [2.24, 2.45) is 0 Å². The fraction of sp³-hybridized carbons (Fsp3) is 0.632. The summed E-state index contributed by atoms with van der Waals surface area (Å²) < 4.78 is 0. The third-order valence-electron chi connectivity index (χ3n) is 5.77. The van der Waals surface area contributed by atoms with Crippen molar-refractivity contribution in [2.75, 3.05) is 33.2 Å². The molecule has 0 unspecified atom stereocenters. The Morgan fingerprint density at radius 1 is 1.15 bits per heavy atom. The fourth-order valence-electron chi connectivity index (χ4n) is 3.92. The summed E-state index contributed by atoms with van der Waals surface area (Å²) in [6.07, 6.45) is 2.11. The maximum absolute atomic E-state index is 12.8. The number of H-pyrrole nitrogens is 1. The largest absolute Gasteiger partial charge is 0.354 e. The van der Waals surface area contributed by atoms with E-state index in [9.17, 15) is 14.4 Å². The van der Waals surface area contributed by atoms with Crippen LogP contribution in [-0.2, 0) is 4.79 Å². The van der Waals surface area contributed by atoms with Gasteiger partial charge in [0.2, 0.25) is 5.91 Å². The van der Waals surface area contributed by atoms with Gasteiger partial charge < -0.3 is 15.2 Å². The second-order valence-corrected chi connectivity index (χ2v) is 7.67. The summed E-state index contributed by atoms with van der Waals surface area (Å²) in [5.41, 5.74) is 0.108. The zero-order valence-corrected chi connectivity index (χ0v) is 15.8. The molecule has 3 rings (SSSR count). The van der Waals surface area contributed by atoms with Gasteiger partial charge in [-0.15, -0.1) is 0 Å². The molecule has 7 nitrogen and oxygen atoms in total. The number of amides is 2. The minimum Gasteiger partial charge on any atom is -0.354 e. The van der Waals surface area contributed by atoms with Crippen LogP contribution < -0.4 is 10.9 Å². The number of pyridine rings is 1. The maximum Gasteiger partial charge on any atom is 0.261 e. The van der Waals surface area contributed by atoms with Gasteiger partial charge in [-0.3, -0.25) is 19.3 Å². The second-order valence-electron chi connectivity index (χ2n) is 7.67. The van der Waals surface area contributed by atoms with Crippen molar-refractivity contribution in [3.8, 4) is 0 Å². The van der Waals surface area contributed by atoms with Crippen LogP contribution in [0.2, 0.25) is 0 Å². The molecule has 2 amide bonds. The van der Waals surface area contributed by atoms with Gasteiger partial charge in [-0.25, -0.2) is 0 Å². The first-order valence-electron chi connectivity index (χ1n) is 9.37. The standard InChI is InChI=1S/C19H28N4O3/c1-13(2)15-6-5-14(16(24)21-15)17(25)23-11-7-19(8-12-23)18(26)20-9-4-10-22(19)3/h5-6,13H,4,7-12H2,1-3H3,(H,20,26)(H,21,24). The Labute approximate surface area is 153 Å². The number of carbonyl (C=O) groups is 2. The Morgan fingerprint density at radius 3 is 2.46 bits per heavy atom. The van der Waals surface area contributed by atoms with Crippen molar-refractivity contribution in [1.29, 1.82) is 0 Å². The van der Waals surface area contributed by atoms with E-state index in [0.29, 0.717) is 32.5 Å².